The third-order valence-corrected chi connectivity index (χ3v) is 2.68. The van der Waals surface area contributed by atoms with Gasteiger partial charge in [-0.1, -0.05) is 18.2 Å². The lowest BCUT2D eigenvalue weighted by atomic mass is 10.2. The van der Waals surface area contributed by atoms with Gasteiger partial charge in [-0.05, 0) is 26.0 Å². The minimum Gasteiger partial charge on any atom is -0.322 e. The first-order valence-electron chi connectivity index (χ1n) is 5.61. The number of aromatic nitrogens is 2. The lowest BCUT2D eigenvalue weighted by Crippen LogP contribution is -2.13. The van der Waals surface area contributed by atoms with Gasteiger partial charge in [-0.3, -0.25) is 9.48 Å². The molecule has 0 aliphatic heterocycles. The molecule has 0 fully saturated rings. The Kier molecular flexibility index (Phi) is 3.23. The molecular formula is C13H15N3O. The first-order chi connectivity index (χ1) is 8.22. The highest BCUT2D eigenvalue weighted by atomic mass is 16.1. The average molecular weight is 229 g/mol. The van der Waals surface area contributed by atoms with Gasteiger partial charge in [-0.2, -0.15) is 5.10 Å². The number of para-hydroxylation sites is 1. The maximum Gasteiger partial charge on any atom is 0.259 e. The van der Waals surface area contributed by atoms with E-state index >= 15 is 0 Å². The molecule has 1 amide bonds. The van der Waals surface area contributed by atoms with Gasteiger partial charge in [-0.25, -0.2) is 0 Å². The standard InChI is InChI=1S/C13H15N3O/c1-3-16-10(2)12(9-14-16)13(17)15-11-7-5-4-6-8-11/h4-9H,3H2,1-2H3,(H,15,17). The first kappa shape index (κ1) is 11.4. The molecule has 1 aromatic heterocycles. The number of hydrogen-bond acceptors (Lipinski definition) is 2. The monoisotopic (exact) mass is 229 g/mol. The summed E-state index contributed by atoms with van der Waals surface area (Å²) in [5.74, 6) is -0.117. The molecule has 1 aromatic carbocycles. The topological polar surface area (TPSA) is 46.9 Å². The van der Waals surface area contributed by atoms with Crippen molar-refractivity contribution in [1.29, 1.82) is 0 Å². The van der Waals surface area contributed by atoms with Gasteiger partial charge < -0.3 is 5.32 Å². The molecule has 88 valence electrons. The molecule has 1 heterocycles. The van der Waals surface area contributed by atoms with E-state index in [-0.39, 0.29) is 5.91 Å². The molecule has 0 aliphatic rings. The van der Waals surface area contributed by atoms with Crippen molar-refractivity contribution in [3.05, 3.63) is 47.8 Å². The van der Waals surface area contributed by atoms with Crippen molar-refractivity contribution >= 4 is 11.6 Å². The Bertz CT molecular complexity index is 517. The minimum atomic E-state index is -0.117. The summed E-state index contributed by atoms with van der Waals surface area (Å²) in [4.78, 5) is 12.0. The van der Waals surface area contributed by atoms with E-state index in [4.69, 9.17) is 0 Å². The van der Waals surface area contributed by atoms with Crippen LogP contribution >= 0.6 is 0 Å². The molecular weight excluding hydrogens is 214 g/mol. The summed E-state index contributed by atoms with van der Waals surface area (Å²) >= 11 is 0. The normalized spacial score (nSPS) is 10.2. The summed E-state index contributed by atoms with van der Waals surface area (Å²) < 4.78 is 1.81. The van der Waals surface area contributed by atoms with Crippen LogP contribution in [0.25, 0.3) is 0 Å². The van der Waals surface area contributed by atoms with Crippen LogP contribution in [0.1, 0.15) is 23.0 Å². The van der Waals surface area contributed by atoms with Crippen LogP contribution in [0.5, 0.6) is 0 Å². The zero-order valence-electron chi connectivity index (χ0n) is 9.97. The summed E-state index contributed by atoms with van der Waals surface area (Å²) in [6, 6.07) is 9.40. The van der Waals surface area contributed by atoms with E-state index in [9.17, 15) is 4.79 Å². The molecule has 0 bridgehead atoms. The van der Waals surface area contributed by atoms with Crippen LogP contribution in [-0.4, -0.2) is 15.7 Å². The number of hydrogen-bond donors (Lipinski definition) is 1. The smallest absolute Gasteiger partial charge is 0.259 e. The summed E-state index contributed by atoms with van der Waals surface area (Å²) in [5, 5.41) is 7.00. The second kappa shape index (κ2) is 4.82. The highest BCUT2D eigenvalue weighted by molar-refractivity contribution is 6.04. The van der Waals surface area contributed by atoms with E-state index in [1.165, 1.54) is 0 Å². The Balaban J connectivity index is 2.18. The second-order valence-electron chi connectivity index (χ2n) is 3.78. The summed E-state index contributed by atoms with van der Waals surface area (Å²) in [5.41, 5.74) is 2.30. The SMILES string of the molecule is CCn1ncc(C(=O)Nc2ccccc2)c1C. The minimum absolute atomic E-state index is 0.117. The van der Waals surface area contributed by atoms with E-state index in [1.807, 2.05) is 44.2 Å². The molecule has 0 saturated carbocycles. The van der Waals surface area contributed by atoms with Crippen molar-refractivity contribution < 1.29 is 4.79 Å². The van der Waals surface area contributed by atoms with Gasteiger partial charge in [-0.15, -0.1) is 0 Å². The van der Waals surface area contributed by atoms with Gasteiger partial charge in [0, 0.05) is 17.9 Å². The molecule has 2 aromatic rings. The predicted octanol–water partition coefficient (Wildman–Crippen LogP) is 2.46. The van der Waals surface area contributed by atoms with Crippen molar-refractivity contribution in [2.45, 2.75) is 20.4 Å². The maximum atomic E-state index is 12.0. The van der Waals surface area contributed by atoms with Crippen LogP contribution < -0.4 is 5.32 Å². The Hall–Kier alpha value is -2.10. The predicted molar refractivity (Wildman–Crippen MR) is 67.0 cm³/mol. The highest BCUT2D eigenvalue weighted by Gasteiger charge is 2.13. The second-order valence-corrected chi connectivity index (χ2v) is 3.78. The fraction of sp³-hybridized carbons (Fsp3) is 0.231. The van der Waals surface area contributed by atoms with E-state index in [0.717, 1.165) is 17.9 Å². The summed E-state index contributed by atoms with van der Waals surface area (Å²) in [7, 11) is 0. The number of rotatable bonds is 3. The van der Waals surface area contributed by atoms with E-state index < -0.39 is 0 Å². The molecule has 0 spiro atoms. The maximum absolute atomic E-state index is 12.0. The molecule has 0 radical (unpaired) electrons. The van der Waals surface area contributed by atoms with Gasteiger partial charge in [0.2, 0.25) is 0 Å². The Morgan fingerprint density at radius 1 is 1.35 bits per heavy atom. The molecule has 0 atom stereocenters. The molecule has 4 nitrogen and oxygen atoms in total. The zero-order valence-corrected chi connectivity index (χ0v) is 9.97. The lowest BCUT2D eigenvalue weighted by molar-refractivity contribution is 0.102. The summed E-state index contributed by atoms with van der Waals surface area (Å²) in [6.45, 7) is 4.67. The van der Waals surface area contributed by atoms with Crippen LogP contribution in [0, 0.1) is 6.92 Å². The van der Waals surface area contributed by atoms with Crippen molar-refractivity contribution in [1.82, 2.24) is 9.78 Å². The average Bonchev–Trinajstić information content (AvgIpc) is 2.71. The Labute approximate surface area is 100 Å². The van der Waals surface area contributed by atoms with Gasteiger partial charge >= 0.3 is 0 Å². The Morgan fingerprint density at radius 2 is 2.06 bits per heavy atom. The third kappa shape index (κ3) is 2.36. The van der Waals surface area contributed by atoms with Gasteiger partial charge in [0.15, 0.2) is 0 Å². The third-order valence-electron chi connectivity index (χ3n) is 2.68. The van der Waals surface area contributed by atoms with Crippen molar-refractivity contribution in [2.24, 2.45) is 0 Å². The van der Waals surface area contributed by atoms with Crippen molar-refractivity contribution in [3.8, 4) is 0 Å². The van der Waals surface area contributed by atoms with Gasteiger partial charge in [0.1, 0.15) is 0 Å². The molecule has 0 unspecified atom stereocenters. The number of carbonyl (C=O) groups excluding carboxylic acids is 1. The van der Waals surface area contributed by atoms with Crippen LogP contribution in [-0.2, 0) is 6.54 Å². The first-order valence-corrected chi connectivity index (χ1v) is 5.61. The van der Waals surface area contributed by atoms with Crippen molar-refractivity contribution in [3.63, 3.8) is 0 Å². The summed E-state index contributed by atoms with van der Waals surface area (Å²) in [6.07, 6.45) is 1.61. The lowest BCUT2D eigenvalue weighted by Gasteiger charge is -2.04. The van der Waals surface area contributed by atoms with E-state index in [0.29, 0.717) is 5.56 Å². The number of aryl methyl sites for hydroxylation is 1. The number of amides is 1. The molecule has 0 saturated heterocycles. The molecule has 2 rings (SSSR count). The van der Waals surface area contributed by atoms with Gasteiger partial charge in [0.05, 0.1) is 11.8 Å². The van der Waals surface area contributed by atoms with Crippen molar-refractivity contribution in [2.75, 3.05) is 5.32 Å². The molecule has 0 aliphatic carbocycles. The van der Waals surface area contributed by atoms with E-state index in [1.54, 1.807) is 10.9 Å². The highest BCUT2D eigenvalue weighted by Crippen LogP contribution is 2.11. The van der Waals surface area contributed by atoms with Gasteiger partial charge in [0.25, 0.3) is 5.91 Å². The zero-order chi connectivity index (χ0) is 12.3. The number of benzene rings is 1. The van der Waals surface area contributed by atoms with Crippen LogP contribution in [0.4, 0.5) is 5.69 Å². The fourth-order valence-corrected chi connectivity index (χ4v) is 1.71. The quantitative estimate of drug-likeness (QED) is 0.878. The Morgan fingerprint density at radius 3 is 2.65 bits per heavy atom. The number of nitrogens with zero attached hydrogens (tertiary/aromatic N) is 2. The van der Waals surface area contributed by atoms with Crippen LogP contribution in [0.2, 0.25) is 0 Å². The number of nitrogens with one attached hydrogen (secondary N) is 1. The van der Waals surface area contributed by atoms with E-state index in [2.05, 4.69) is 10.4 Å². The molecule has 17 heavy (non-hydrogen) atoms. The number of anilines is 1. The molecule has 1 N–H and O–H groups in total. The van der Waals surface area contributed by atoms with Crippen LogP contribution in [0.15, 0.2) is 36.5 Å². The van der Waals surface area contributed by atoms with Crippen LogP contribution in [0.3, 0.4) is 0 Å². The molecule has 4 heteroatoms. The fourth-order valence-electron chi connectivity index (χ4n) is 1.71. The largest absolute Gasteiger partial charge is 0.322 e. The number of carbonyl (C=O) groups is 1.